The molecule has 0 bridgehead atoms. The molecule has 4 rings (SSSR count). The van der Waals surface area contributed by atoms with Crippen LogP contribution in [0.2, 0.25) is 0 Å². The Kier molecular flexibility index (Phi) is 4.44. The summed E-state index contributed by atoms with van der Waals surface area (Å²) >= 11 is 0. The first-order valence-corrected chi connectivity index (χ1v) is 9.31. The molecule has 3 heterocycles. The van der Waals surface area contributed by atoms with Crippen LogP contribution in [0.3, 0.4) is 0 Å². The summed E-state index contributed by atoms with van der Waals surface area (Å²) in [6.07, 6.45) is 5.98. The van der Waals surface area contributed by atoms with Gasteiger partial charge in [0, 0.05) is 31.3 Å². The largest absolute Gasteiger partial charge is 0.497 e. The fourth-order valence-electron chi connectivity index (χ4n) is 4.51. The third-order valence-corrected chi connectivity index (χ3v) is 5.91. The number of hydrogen-bond donors (Lipinski definition) is 1. The number of nitrogens with one attached hydrogen (secondary N) is 1. The first kappa shape index (κ1) is 17.1. The van der Waals surface area contributed by atoms with E-state index in [9.17, 15) is 4.79 Å². The Morgan fingerprint density at radius 2 is 1.92 bits per heavy atom. The van der Waals surface area contributed by atoms with E-state index in [4.69, 9.17) is 4.74 Å². The fourth-order valence-corrected chi connectivity index (χ4v) is 4.51. The number of benzene rings is 1. The number of rotatable bonds is 4. The van der Waals surface area contributed by atoms with Crippen LogP contribution in [0.4, 0.5) is 0 Å². The number of carbonyl (C=O) groups excluding carboxylic acids is 1. The molecule has 2 aliphatic rings. The van der Waals surface area contributed by atoms with Crippen LogP contribution in [-0.2, 0) is 11.3 Å². The third-order valence-electron chi connectivity index (χ3n) is 5.91. The van der Waals surface area contributed by atoms with Gasteiger partial charge in [0.05, 0.1) is 19.0 Å². The number of carbonyl (C=O) groups is 1. The lowest BCUT2D eigenvalue weighted by Gasteiger charge is -2.43. The van der Waals surface area contributed by atoms with Gasteiger partial charge in [-0.05, 0) is 56.5 Å². The molecule has 0 radical (unpaired) electrons. The zero-order valence-electron chi connectivity index (χ0n) is 15.5. The SMILES string of the molecule is COc1ccc(-c2[nH]ncc2CN2CCCC23CCCN(C)C3=O)cc1. The van der Waals surface area contributed by atoms with E-state index < -0.39 is 0 Å². The molecule has 6 nitrogen and oxygen atoms in total. The fraction of sp³-hybridized carbons (Fsp3) is 0.500. The number of ether oxygens (including phenoxy) is 1. The van der Waals surface area contributed by atoms with Crippen molar-refractivity contribution < 1.29 is 9.53 Å². The standard InChI is InChI=1S/C20H26N4O2/c1-23-11-3-9-20(19(23)25)10-4-12-24(20)14-16-13-21-22-18(16)15-5-7-17(26-2)8-6-15/h5-8,13H,3-4,9-12,14H2,1-2H3,(H,21,22). The summed E-state index contributed by atoms with van der Waals surface area (Å²) in [5.41, 5.74) is 2.92. The van der Waals surface area contributed by atoms with Gasteiger partial charge in [0.2, 0.25) is 5.91 Å². The van der Waals surface area contributed by atoms with Crippen molar-refractivity contribution in [1.29, 1.82) is 0 Å². The summed E-state index contributed by atoms with van der Waals surface area (Å²) in [6, 6.07) is 7.98. The van der Waals surface area contributed by atoms with Crippen LogP contribution in [0, 0.1) is 0 Å². The Morgan fingerprint density at radius 1 is 1.19 bits per heavy atom. The van der Waals surface area contributed by atoms with E-state index in [-0.39, 0.29) is 11.4 Å². The minimum Gasteiger partial charge on any atom is -0.497 e. The molecular formula is C20H26N4O2. The van der Waals surface area contributed by atoms with E-state index in [1.54, 1.807) is 7.11 Å². The molecule has 0 aliphatic carbocycles. The Bertz CT molecular complexity index is 785. The maximum absolute atomic E-state index is 13.0. The van der Waals surface area contributed by atoms with Crippen molar-refractivity contribution in [2.45, 2.75) is 37.8 Å². The molecule has 138 valence electrons. The molecule has 2 saturated heterocycles. The molecule has 2 aromatic rings. The average molecular weight is 354 g/mol. The summed E-state index contributed by atoms with van der Waals surface area (Å²) in [5.74, 6) is 1.12. The zero-order chi connectivity index (χ0) is 18.1. The maximum atomic E-state index is 13.0. The van der Waals surface area contributed by atoms with E-state index in [0.29, 0.717) is 0 Å². The third kappa shape index (κ3) is 2.78. The Hall–Kier alpha value is -2.34. The van der Waals surface area contributed by atoms with Crippen LogP contribution in [0.5, 0.6) is 5.75 Å². The number of piperidine rings is 1. The van der Waals surface area contributed by atoms with Crippen LogP contribution in [-0.4, -0.2) is 58.7 Å². The van der Waals surface area contributed by atoms with Gasteiger partial charge in [-0.25, -0.2) is 0 Å². The molecule has 1 atom stereocenters. The second kappa shape index (κ2) is 6.76. The van der Waals surface area contributed by atoms with Gasteiger partial charge in [0.25, 0.3) is 0 Å². The normalized spacial score (nSPS) is 23.8. The molecule has 1 aromatic heterocycles. The van der Waals surface area contributed by atoms with Crippen LogP contribution < -0.4 is 4.74 Å². The first-order valence-electron chi connectivity index (χ1n) is 9.31. The molecule has 1 aromatic carbocycles. The van der Waals surface area contributed by atoms with Crippen molar-refractivity contribution in [1.82, 2.24) is 20.0 Å². The minimum atomic E-state index is -0.318. The van der Waals surface area contributed by atoms with Crippen LogP contribution in [0.1, 0.15) is 31.2 Å². The topological polar surface area (TPSA) is 61.5 Å². The quantitative estimate of drug-likeness (QED) is 0.917. The zero-order valence-corrected chi connectivity index (χ0v) is 15.5. The van der Waals surface area contributed by atoms with Crippen molar-refractivity contribution in [3.63, 3.8) is 0 Å². The van der Waals surface area contributed by atoms with Crippen molar-refractivity contribution in [2.24, 2.45) is 0 Å². The number of methoxy groups -OCH3 is 1. The molecule has 1 amide bonds. The van der Waals surface area contributed by atoms with Gasteiger partial charge in [-0.15, -0.1) is 0 Å². The van der Waals surface area contributed by atoms with Gasteiger partial charge < -0.3 is 9.64 Å². The first-order chi connectivity index (χ1) is 12.6. The molecular weight excluding hydrogens is 328 g/mol. The van der Waals surface area contributed by atoms with Crippen molar-refractivity contribution >= 4 is 5.91 Å². The van der Waals surface area contributed by atoms with Crippen LogP contribution >= 0.6 is 0 Å². The highest BCUT2D eigenvalue weighted by Crippen LogP contribution is 2.39. The van der Waals surface area contributed by atoms with E-state index in [1.807, 2.05) is 42.4 Å². The van der Waals surface area contributed by atoms with E-state index in [2.05, 4.69) is 15.1 Å². The monoisotopic (exact) mass is 354 g/mol. The lowest BCUT2D eigenvalue weighted by atomic mass is 9.85. The number of likely N-dealkylation sites (tertiary alicyclic amines) is 2. The summed E-state index contributed by atoms with van der Waals surface area (Å²) in [5, 5.41) is 7.40. The highest BCUT2D eigenvalue weighted by Gasteiger charge is 2.50. The van der Waals surface area contributed by atoms with Crippen molar-refractivity contribution in [2.75, 3.05) is 27.2 Å². The van der Waals surface area contributed by atoms with Gasteiger partial charge in [0.15, 0.2) is 0 Å². The molecule has 2 aliphatic heterocycles. The van der Waals surface area contributed by atoms with Gasteiger partial charge in [0.1, 0.15) is 11.3 Å². The van der Waals surface area contributed by atoms with Crippen molar-refractivity contribution in [3.05, 3.63) is 36.0 Å². The number of nitrogens with zero attached hydrogens (tertiary/aromatic N) is 3. The van der Waals surface area contributed by atoms with E-state index in [0.717, 1.165) is 67.9 Å². The van der Waals surface area contributed by atoms with Crippen molar-refractivity contribution in [3.8, 4) is 17.0 Å². The molecule has 1 N–H and O–H groups in total. The Balaban J connectivity index is 1.60. The van der Waals surface area contributed by atoms with Crippen LogP contribution in [0.15, 0.2) is 30.5 Å². The maximum Gasteiger partial charge on any atom is 0.242 e. The summed E-state index contributed by atoms with van der Waals surface area (Å²) in [4.78, 5) is 17.2. The molecule has 2 fully saturated rings. The molecule has 1 unspecified atom stereocenters. The molecule has 6 heteroatoms. The number of aromatic amines is 1. The summed E-state index contributed by atoms with van der Waals surface area (Å²) in [7, 11) is 3.60. The summed E-state index contributed by atoms with van der Waals surface area (Å²) in [6.45, 7) is 2.58. The predicted molar refractivity (Wildman–Crippen MR) is 99.8 cm³/mol. The summed E-state index contributed by atoms with van der Waals surface area (Å²) < 4.78 is 5.25. The lowest BCUT2D eigenvalue weighted by molar-refractivity contribution is -0.146. The second-order valence-electron chi connectivity index (χ2n) is 7.39. The molecule has 1 spiro atoms. The average Bonchev–Trinajstić information content (AvgIpc) is 3.28. The number of likely N-dealkylation sites (N-methyl/N-ethyl adjacent to an activating group) is 1. The highest BCUT2D eigenvalue weighted by molar-refractivity contribution is 5.87. The van der Waals surface area contributed by atoms with E-state index >= 15 is 0 Å². The molecule has 0 saturated carbocycles. The Morgan fingerprint density at radius 3 is 2.65 bits per heavy atom. The molecule has 26 heavy (non-hydrogen) atoms. The predicted octanol–water partition coefficient (Wildman–Crippen LogP) is 2.67. The van der Waals surface area contributed by atoms with Crippen LogP contribution in [0.25, 0.3) is 11.3 Å². The highest BCUT2D eigenvalue weighted by atomic mass is 16.5. The van der Waals surface area contributed by atoms with Gasteiger partial charge in [-0.2, -0.15) is 5.10 Å². The number of aromatic nitrogens is 2. The smallest absolute Gasteiger partial charge is 0.242 e. The van der Waals surface area contributed by atoms with Gasteiger partial charge >= 0.3 is 0 Å². The number of amides is 1. The minimum absolute atomic E-state index is 0.288. The van der Waals surface area contributed by atoms with Gasteiger partial charge in [-0.1, -0.05) is 0 Å². The lowest BCUT2D eigenvalue weighted by Crippen LogP contribution is -2.58. The number of H-pyrrole nitrogens is 1. The Labute approximate surface area is 154 Å². The number of hydrogen-bond acceptors (Lipinski definition) is 4. The van der Waals surface area contributed by atoms with Gasteiger partial charge in [-0.3, -0.25) is 14.8 Å². The second-order valence-corrected chi connectivity index (χ2v) is 7.39. The van der Waals surface area contributed by atoms with E-state index in [1.165, 1.54) is 0 Å².